The number of carbonyl (C=O) groups is 2. The molecule has 0 fully saturated rings. The third-order valence-electron chi connectivity index (χ3n) is 5.59. The van der Waals surface area contributed by atoms with Gasteiger partial charge in [0.05, 0.1) is 17.9 Å². The number of carbonyl (C=O) groups excluding carboxylic acids is 2. The highest BCUT2D eigenvalue weighted by atomic mass is 32.1. The zero-order chi connectivity index (χ0) is 22.5. The number of amides is 2. The Morgan fingerprint density at radius 3 is 2.59 bits per heavy atom. The molecule has 5 nitrogen and oxygen atoms in total. The molecular formula is C26H28N2O3S. The number of hydrogen-bond acceptors (Lipinski definition) is 4. The molecule has 0 radical (unpaired) electrons. The molecule has 3 aromatic rings. The fourth-order valence-electron chi connectivity index (χ4n) is 4.07. The standard InChI is InChI=1S/C26H28N2O3S/c1-3-31-21-14-8-7-13-20(21)27-25(30)23-19-12-5-4-6-15-22(19)32-26(23)28-24(29)18-11-9-10-17(2)16-18/h7-11,13-14,16H,3-6,12,15H2,1-2H3,(H,27,30)(H,28,29). The van der Waals surface area contributed by atoms with Gasteiger partial charge in [-0.05, 0) is 69.4 Å². The first-order valence-electron chi connectivity index (χ1n) is 11.1. The van der Waals surface area contributed by atoms with E-state index in [-0.39, 0.29) is 11.8 Å². The van der Waals surface area contributed by atoms with E-state index in [4.69, 9.17) is 4.74 Å². The first-order chi connectivity index (χ1) is 15.6. The molecule has 0 bridgehead atoms. The second kappa shape index (κ2) is 10.0. The number of hydrogen-bond donors (Lipinski definition) is 2. The number of aryl methyl sites for hydroxylation is 2. The number of benzene rings is 2. The van der Waals surface area contributed by atoms with Crippen molar-refractivity contribution in [3.63, 3.8) is 0 Å². The van der Waals surface area contributed by atoms with E-state index < -0.39 is 0 Å². The van der Waals surface area contributed by atoms with Crippen LogP contribution in [0.3, 0.4) is 0 Å². The number of anilines is 2. The molecule has 32 heavy (non-hydrogen) atoms. The normalized spacial score (nSPS) is 13.1. The molecule has 2 N–H and O–H groups in total. The number of thiophene rings is 1. The van der Waals surface area contributed by atoms with Crippen LogP contribution >= 0.6 is 11.3 Å². The van der Waals surface area contributed by atoms with Gasteiger partial charge in [0.25, 0.3) is 11.8 Å². The van der Waals surface area contributed by atoms with Crippen molar-refractivity contribution in [3.05, 3.63) is 75.7 Å². The van der Waals surface area contributed by atoms with E-state index in [1.54, 1.807) is 6.07 Å². The molecule has 0 spiro atoms. The Kier molecular flexibility index (Phi) is 6.90. The van der Waals surface area contributed by atoms with Crippen LogP contribution in [0, 0.1) is 6.92 Å². The predicted molar refractivity (Wildman–Crippen MR) is 130 cm³/mol. The summed E-state index contributed by atoms with van der Waals surface area (Å²) in [6.07, 6.45) is 5.09. The van der Waals surface area contributed by atoms with Crippen molar-refractivity contribution in [2.75, 3.05) is 17.2 Å². The summed E-state index contributed by atoms with van der Waals surface area (Å²) in [6, 6.07) is 14.9. The van der Waals surface area contributed by atoms with E-state index in [0.29, 0.717) is 34.2 Å². The lowest BCUT2D eigenvalue weighted by Crippen LogP contribution is -2.18. The van der Waals surface area contributed by atoms with Gasteiger partial charge in [-0.3, -0.25) is 9.59 Å². The van der Waals surface area contributed by atoms with Gasteiger partial charge in [0.2, 0.25) is 0 Å². The molecule has 2 amide bonds. The largest absolute Gasteiger partial charge is 0.492 e. The summed E-state index contributed by atoms with van der Waals surface area (Å²) in [7, 11) is 0. The van der Waals surface area contributed by atoms with Gasteiger partial charge in [-0.2, -0.15) is 0 Å². The number of fused-ring (bicyclic) bond motifs is 1. The molecule has 2 aromatic carbocycles. The lowest BCUT2D eigenvalue weighted by Gasteiger charge is -2.13. The zero-order valence-corrected chi connectivity index (χ0v) is 19.3. The van der Waals surface area contributed by atoms with Crippen molar-refractivity contribution in [3.8, 4) is 5.75 Å². The summed E-state index contributed by atoms with van der Waals surface area (Å²) in [5.74, 6) is 0.222. The molecule has 0 aliphatic heterocycles. The third kappa shape index (κ3) is 4.86. The maximum absolute atomic E-state index is 13.5. The first-order valence-corrected chi connectivity index (χ1v) is 11.9. The summed E-state index contributed by atoms with van der Waals surface area (Å²) in [6.45, 7) is 4.38. The number of rotatable bonds is 6. The Morgan fingerprint density at radius 1 is 0.969 bits per heavy atom. The summed E-state index contributed by atoms with van der Waals surface area (Å²) >= 11 is 1.53. The van der Waals surface area contributed by atoms with E-state index in [9.17, 15) is 9.59 Å². The van der Waals surface area contributed by atoms with Crippen LogP contribution in [-0.2, 0) is 12.8 Å². The summed E-state index contributed by atoms with van der Waals surface area (Å²) in [4.78, 5) is 27.7. The molecule has 1 aromatic heterocycles. The second-order valence-corrected chi connectivity index (χ2v) is 9.08. The Labute approximate surface area is 192 Å². The molecule has 1 aliphatic rings. The minimum Gasteiger partial charge on any atom is -0.492 e. The van der Waals surface area contributed by atoms with Gasteiger partial charge in [0.1, 0.15) is 10.8 Å². The van der Waals surface area contributed by atoms with Gasteiger partial charge in [-0.1, -0.05) is 36.2 Å². The van der Waals surface area contributed by atoms with E-state index >= 15 is 0 Å². The van der Waals surface area contributed by atoms with Crippen LogP contribution < -0.4 is 15.4 Å². The molecule has 4 rings (SSSR count). The first kappa shape index (κ1) is 22.1. The van der Waals surface area contributed by atoms with Crippen LogP contribution in [0.25, 0.3) is 0 Å². The Balaban J connectivity index is 1.68. The van der Waals surface area contributed by atoms with Crippen LogP contribution in [0.1, 0.15) is 62.9 Å². The quantitative estimate of drug-likeness (QED) is 0.439. The Morgan fingerprint density at radius 2 is 1.78 bits per heavy atom. The molecule has 166 valence electrons. The van der Waals surface area contributed by atoms with Crippen molar-refractivity contribution in [2.45, 2.75) is 46.0 Å². The monoisotopic (exact) mass is 448 g/mol. The van der Waals surface area contributed by atoms with Crippen LogP contribution in [-0.4, -0.2) is 18.4 Å². The van der Waals surface area contributed by atoms with E-state index in [1.807, 2.05) is 56.3 Å². The highest BCUT2D eigenvalue weighted by Crippen LogP contribution is 2.38. The lowest BCUT2D eigenvalue weighted by molar-refractivity contribution is 0.102. The van der Waals surface area contributed by atoms with E-state index in [2.05, 4.69) is 10.6 Å². The van der Waals surface area contributed by atoms with Gasteiger partial charge in [0, 0.05) is 10.4 Å². The molecule has 1 aliphatic carbocycles. The average Bonchev–Trinajstić information content (AvgIpc) is 2.95. The third-order valence-corrected chi connectivity index (χ3v) is 6.80. The van der Waals surface area contributed by atoms with Crippen LogP contribution in [0.5, 0.6) is 5.75 Å². The minimum atomic E-state index is -0.212. The van der Waals surface area contributed by atoms with Gasteiger partial charge in [-0.15, -0.1) is 11.3 Å². The number of para-hydroxylation sites is 2. The highest BCUT2D eigenvalue weighted by molar-refractivity contribution is 7.17. The van der Waals surface area contributed by atoms with Gasteiger partial charge in [-0.25, -0.2) is 0 Å². The van der Waals surface area contributed by atoms with Gasteiger partial charge in [0.15, 0.2) is 0 Å². The van der Waals surface area contributed by atoms with Crippen molar-refractivity contribution >= 4 is 33.8 Å². The fraction of sp³-hybridized carbons (Fsp3) is 0.308. The number of ether oxygens (including phenoxy) is 1. The highest BCUT2D eigenvalue weighted by Gasteiger charge is 2.26. The topological polar surface area (TPSA) is 67.4 Å². The Bertz CT molecular complexity index is 1140. The summed E-state index contributed by atoms with van der Waals surface area (Å²) < 4.78 is 5.67. The zero-order valence-electron chi connectivity index (χ0n) is 18.5. The molecule has 0 atom stereocenters. The van der Waals surface area contributed by atoms with Crippen molar-refractivity contribution in [1.82, 2.24) is 0 Å². The molecule has 0 unspecified atom stereocenters. The summed E-state index contributed by atoms with van der Waals surface area (Å²) in [5, 5.41) is 6.67. The van der Waals surface area contributed by atoms with E-state index in [0.717, 1.165) is 43.2 Å². The SMILES string of the molecule is CCOc1ccccc1NC(=O)c1c(NC(=O)c2cccc(C)c2)sc2c1CCCCC2. The van der Waals surface area contributed by atoms with Crippen molar-refractivity contribution in [2.24, 2.45) is 0 Å². The van der Waals surface area contributed by atoms with Gasteiger partial charge >= 0.3 is 0 Å². The van der Waals surface area contributed by atoms with Crippen molar-refractivity contribution < 1.29 is 14.3 Å². The predicted octanol–water partition coefficient (Wildman–Crippen LogP) is 6.23. The Hall–Kier alpha value is -3.12. The molecule has 0 saturated carbocycles. The van der Waals surface area contributed by atoms with Crippen LogP contribution in [0.2, 0.25) is 0 Å². The average molecular weight is 449 g/mol. The van der Waals surface area contributed by atoms with Crippen molar-refractivity contribution in [1.29, 1.82) is 0 Å². The number of nitrogens with one attached hydrogen (secondary N) is 2. The molecule has 0 saturated heterocycles. The van der Waals surface area contributed by atoms with E-state index in [1.165, 1.54) is 16.2 Å². The maximum atomic E-state index is 13.5. The smallest absolute Gasteiger partial charge is 0.259 e. The minimum absolute atomic E-state index is 0.200. The van der Waals surface area contributed by atoms with Crippen LogP contribution in [0.15, 0.2) is 48.5 Å². The lowest BCUT2D eigenvalue weighted by atomic mass is 10.0. The van der Waals surface area contributed by atoms with Gasteiger partial charge < -0.3 is 15.4 Å². The maximum Gasteiger partial charge on any atom is 0.259 e. The summed E-state index contributed by atoms with van der Waals surface area (Å²) in [5.41, 5.74) is 3.88. The molecule has 6 heteroatoms. The molecular weight excluding hydrogens is 420 g/mol. The fourth-order valence-corrected chi connectivity index (χ4v) is 5.35. The second-order valence-electron chi connectivity index (χ2n) is 7.98. The van der Waals surface area contributed by atoms with Crippen LogP contribution in [0.4, 0.5) is 10.7 Å². The molecule has 1 heterocycles.